The number of nitrogens with one attached hydrogen (secondary N) is 1. The minimum absolute atomic E-state index is 0.266. The van der Waals surface area contributed by atoms with Crippen LogP contribution in [0.1, 0.15) is 15.9 Å². The molecule has 0 saturated carbocycles. The lowest BCUT2D eigenvalue weighted by Gasteiger charge is -2.10. The highest BCUT2D eigenvalue weighted by Gasteiger charge is 2.17. The summed E-state index contributed by atoms with van der Waals surface area (Å²) in [5.74, 6) is -2.26. The number of benzene rings is 2. The molecule has 1 N–H and O–H groups in total. The third-order valence-corrected chi connectivity index (χ3v) is 4.19. The van der Waals surface area contributed by atoms with E-state index in [2.05, 4.69) is 37.2 Å². The maximum absolute atomic E-state index is 13.7. The second-order valence-corrected chi connectivity index (χ2v) is 5.84. The van der Waals surface area contributed by atoms with Crippen LogP contribution in [-0.2, 0) is 0 Å². The van der Waals surface area contributed by atoms with Crippen molar-refractivity contribution in [3.8, 4) is 0 Å². The van der Waals surface area contributed by atoms with Crippen LogP contribution in [0.15, 0.2) is 39.3 Å². The van der Waals surface area contributed by atoms with Gasteiger partial charge in [0.05, 0.1) is 5.56 Å². The van der Waals surface area contributed by atoms with Gasteiger partial charge in [0, 0.05) is 8.95 Å². The molecule has 20 heavy (non-hydrogen) atoms. The predicted octanol–water partition coefficient (Wildman–Crippen LogP) is 5.05. The number of carbonyl (C=O) groups is 1. The number of hydrogen-bond acceptors (Lipinski definition) is 1. The molecule has 6 heteroatoms. The maximum Gasteiger partial charge on any atom is 0.256 e. The average Bonchev–Trinajstić information content (AvgIpc) is 2.36. The zero-order chi connectivity index (χ0) is 14.9. The van der Waals surface area contributed by atoms with E-state index in [1.165, 1.54) is 0 Å². The van der Waals surface area contributed by atoms with Gasteiger partial charge in [-0.1, -0.05) is 28.1 Å². The van der Waals surface area contributed by atoms with Crippen molar-refractivity contribution in [2.75, 3.05) is 5.32 Å². The monoisotopic (exact) mass is 403 g/mol. The van der Waals surface area contributed by atoms with E-state index in [0.717, 1.165) is 17.7 Å². The fraction of sp³-hybridized carbons (Fsp3) is 0.0714. The Morgan fingerprint density at radius 3 is 2.35 bits per heavy atom. The number of anilines is 1. The molecule has 2 aromatic carbocycles. The molecule has 0 aromatic heterocycles. The van der Waals surface area contributed by atoms with Gasteiger partial charge in [0.25, 0.3) is 5.91 Å². The van der Waals surface area contributed by atoms with E-state index in [1.54, 1.807) is 12.1 Å². The van der Waals surface area contributed by atoms with Gasteiger partial charge in [0.1, 0.15) is 5.69 Å². The average molecular weight is 405 g/mol. The van der Waals surface area contributed by atoms with Gasteiger partial charge in [0.2, 0.25) is 0 Å². The second kappa shape index (κ2) is 6.01. The lowest BCUT2D eigenvalue weighted by atomic mass is 10.1. The zero-order valence-electron chi connectivity index (χ0n) is 10.3. The van der Waals surface area contributed by atoms with Crippen molar-refractivity contribution >= 4 is 43.5 Å². The highest BCUT2D eigenvalue weighted by atomic mass is 79.9. The number of aryl methyl sites for hydroxylation is 1. The Bertz CT molecular complexity index is 666. The predicted molar refractivity (Wildman–Crippen MR) is 80.9 cm³/mol. The van der Waals surface area contributed by atoms with E-state index in [9.17, 15) is 13.6 Å². The molecule has 0 fully saturated rings. The lowest BCUT2D eigenvalue weighted by Crippen LogP contribution is -2.15. The Morgan fingerprint density at radius 2 is 1.75 bits per heavy atom. The molecule has 0 spiro atoms. The van der Waals surface area contributed by atoms with E-state index in [1.807, 2.05) is 13.0 Å². The molecule has 0 aliphatic rings. The fourth-order valence-corrected chi connectivity index (χ4v) is 2.51. The van der Waals surface area contributed by atoms with Gasteiger partial charge >= 0.3 is 0 Å². The summed E-state index contributed by atoms with van der Waals surface area (Å²) in [4.78, 5) is 12.1. The normalized spacial score (nSPS) is 10.4. The molecule has 0 aliphatic carbocycles. The van der Waals surface area contributed by atoms with Crippen LogP contribution in [0.25, 0.3) is 0 Å². The summed E-state index contributed by atoms with van der Waals surface area (Å²) in [5.41, 5.74) is 0.702. The molecule has 104 valence electrons. The third-order valence-electron chi connectivity index (χ3n) is 2.68. The van der Waals surface area contributed by atoms with Crippen molar-refractivity contribution in [1.82, 2.24) is 0 Å². The van der Waals surface area contributed by atoms with Crippen LogP contribution >= 0.6 is 31.9 Å². The number of halogens is 4. The first-order valence-corrected chi connectivity index (χ1v) is 7.19. The summed E-state index contributed by atoms with van der Waals surface area (Å²) in [7, 11) is 0. The van der Waals surface area contributed by atoms with E-state index in [0.29, 0.717) is 10.0 Å². The quantitative estimate of drug-likeness (QED) is 0.745. The van der Waals surface area contributed by atoms with Gasteiger partial charge in [-0.2, -0.15) is 0 Å². The van der Waals surface area contributed by atoms with E-state index >= 15 is 0 Å². The van der Waals surface area contributed by atoms with E-state index < -0.39 is 23.2 Å². The molecule has 0 unspecified atom stereocenters. The molecule has 0 radical (unpaired) electrons. The Morgan fingerprint density at radius 1 is 1.15 bits per heavy atom. The van der Waals surface area contributed by atoms with Gasteiger partial charge in [0.15, 0.2) is 11.6 Å². The highest BCUT2D eigenvalue weighted by Crippen LogP contribution is 2.26. The number of amides is 1. The molecular weight excluding hydrogens is 396 g/mol. The van der Waals surface area contributed by atoms with Crippen molar-refractivity contribution in [3.05, 3.63) is 62.0 Å². The van der Waals surface area contributed by atoms with Crippen molar-refractivity contribution in [2.24, 2.45) is 0 Å². The van der Waals surface area contributed by atoms with Crippen LogP contribution in [0.5, 0.6) is 0 Å². The topological polar surface area (TPSA) is 29.1 Å². The number of hydrogen-bond donors (Lipinski definition) is 1. The maximum atomic E-state index is 13.7. The van der Waals surface area contributed by atoms with E-state index in [4.69, 9.17) is 0 Å². The molecule has 0 saturated heterocycles. The second-order valence-electron chi connectivity index (χ2n) is 4.14. The van der Waals surface area contributed by atoms with E-state index in [-0.39, 0.29) is 4.47 Å². The van der Waals surface area contributed by atoms with Gasteiger partial charge < -0.3 is 5.32 Å². The molecule has 0 atom stereocenters. The van der Waals surface area contributed by atoms with Gasteiger partial charge in [-0.25, -0.2) is 8.78 Å². The smallest absolute Gasteiger partial charge is 0.256 e. The zero-order valence-corrected chi connectivity index (χ0v) is 13.5. The van der Waals surface area contributed by atoms with Crippen LogP contribution < -0.4 is 5.32 Å². The molecule has 0 bridgehead atoms. The minimum Gasteiger partial charge on any atom is -0.317 e. The summed E-state index contributed by atoms with van der Waals surface area (Å²) in [6.45, 7) is 1.82. The SMILES string of the molecule is Cc1cccc(C(=O)Nc2c(F)cc(Br)cc2F)c1Br. The minimum atomic E-state index is -0.839. The molecule has 0 heterocycles. The summed E-state index contributed by atoms with van der Waals surface area (Å²) < 4.78 is 28.2. The van der Waals surface area contributed by atoms with Crippen LogP contribution in [0, 0.1) is 18.6 Å². The van der Waals surface area contributed by atoms with Gasteiger partial charge in [-0.15, -0.1) is 0 Å². The lowest BCUT2D eigenvalue weighted by molar-refractivity contribution is 0.102. The number of rotatable bonds is 2. The van der Waals surface area contributed by atoms with Crippen LogP contribution in [0.2, 0.25) is 0 Å². The third kappa shape index (κ3) is 3.07. The summed E-state index contributed by atoms with van der Waals surface area (Å²) in [6, 6.07) is 7.26. The Kier molecular flexibility index (Phi) is 4.55. The summed E-state index contributed by atoms with van der Waals surface area (Å²) in [6.07, 6.45) is 0. The van der Waals surface area contributed by atoms with Gasteiger partial charge in [-0.05, 0) is 46.6 Å². The van der Waals surface area contributed by atoms with Crippen LogP contribution in [-0.4, -0.2) is 5.91 Å². The van der Waals surface area contributed by atoms with Crippen LogP contribution in [0.4, 0.5) is 14.5 Å². The van der Waals surface area contributed by atoms with Crippen molar-refractivity contribution in [2.45, 2.75) is 6.92 Å². The first-order chi connectivity index (χ1) is 9.40. The summed E-state index contributed by atoms with van der Waals surface area (Å²) >= 11 is 6.27. The Hall–Kier alpha value is -1.27. The molecule has 2 rings (SSSR count). The van der Waals surface area contributed by atoms with Crippen molar-refractivity contribution in [3.63, 3.8) is 0 Å². The van der Waals surface area contributed by atoms with Crippen LogP contribution in [0.3, 0.4) is 0 Å². The van der Waals surface area contributed by atoms with Gasteiger partial charge in [-0.3, -0.25) is 4.79 Å². The molecule has 2 nitrogen and oxygen atoms in total. The molecule has 2 aromatic rings. The van der Waals surface area contributed by atoms with Crippen molar-refractivity contribution in [1.29, 1.82) is 0 Å². The first kappa shape index (κ1) is 15.1. The Labute approximate surface area is 131 Å². The molecule has 0 aliphatic heterocycles. The first-order valence-electron chi connectivity index (χ1n) is 5.61. The Balaban J connectivity index is 2.36. The standard InChI is InChI=1S/C14H9Br2F2NO/c1-7-3-2-4-9(12(7)16)14(20)19-13-10(17)5-8(15)6-11(13)18/h2-6H,1H3,(H,19,20). The van der Waals surface area contributed by atoms with Crippen molar-refractivity contribution < 1.29 is 13.6 Å². The fourth-order valence-electron chi connectivity index (χ4n) is 1.67. The number of carbonyl (C=O) groups excluding carboxylic acids is 1. The summed E-state index contributed by atoms with van der Waals surface area (Å²) in [5, 5.41) is 2.25. The largest absolute Gasteiger partial charge is 0.317 e. The molecular formula is C14H9Br2F2NO. The molecule has 1 amide bonds. The highest BCUT2D eigenvalue weighted by molar-refractivity contribution is 9.10.